The summed E-state index contributed by atoms with van der Waals surface area (Å²) in [6.45, 7) is 1.64. The van der Waals surface area contributed by atoms with Gasteiger partial charge in [0.2, 0.25) is 0 Å². The predicted molar refractivity (Wildman–Crippen MR) is 112 cm³/mol. The van der Waals surface area contributed by atoms with Crippen LogP contribution in [0, 0.1) is 6.92 Å². The summed E-state index contributed by atoms with van der Waals surface area (Å²) in [5.74, 6) is -0.426. The van der Waals surface area contributed by atoms with Gasteiger partial charge in [0.15, 0.2) is 11.7 Å². The van der Waals surface area contributed by atoms with Crippen LogP contribution < -0.4 is 20.9 Å². The zero-order valence-electron chi connectivity index (χ0n) is 13.9. The summed E-state index contributed by atoms with van der Waals surface area (Å²) in [5.41, 5.74) is 5.83. The number of aryl methyl sites for hydroxylation is 1. The second-order valence-corrected chi connectivity index (χ2v) is 7.45. The molecule has 0 bridgehead atoms. The Hall–Kier alpha value is -1.87. The van der Waals surface area contributed by atoms with Crippen molar-refractivity contribution in [2.24, 2.45) is 0 Å². The highest BCUT2D eigenvalue weighted by molar-refractivity contribution is 9.10. The molecule has 0 heterocycles. The average Bonchev–Trinajstić information content (AvgIpc) is 2.59. The Morgan fingerprint density at radius 3 is 2.56 bits per heavy atom. The largest absolute Gasteiger partial charge is 0.483 e. The molecule has 2 amide bonds. The van der Waals surface area contributed by atoms with Crippen molar-refractivity contribution in [3.05, 3.63) is 62.0 Å². The lowest BCUT2D eigenvalue weighted by atomic mass is 10.2. The third-order valence-electron chi connectivity index (χ3n) is 3.21. The lowest BCUT2D eigenvalue weighted by Gasteiger charge is -2.12. The van der Waals surface area contributed by atoms with Crippen LogP contribution in [-0.2, 0) is 4.79 Å². The molecule has 0 aliphatic heterocycles. The molecule has 2 rings (SSSR count). The van der Waals surface area contributed by atoms with Crippen LogP contribution in [0.25, 0.3) is 0 Å². The van der Waals surface area contributed by atoms with E-state index in [1.807, 2.05) is 19.1 Å². The van der Waals surface area contributed by atoms with Crippen LogP contribution in [0.2, 0.25) is 10.0 Å². The fraction of sp³-hybridized carbons (Fsp3) is 0.118. The van der Waals surface area contributed by atoms with E-state index >= 15 is 0 Å². The second kappa shape index (κ2) is 9.89. The number of rotatable bonds is 4. The molecule has 0 aliphatic rings. The van der Waals surface area contributed by atoms with Crippen molar-refractivity contribution in [1.29, 1.82) is 0 Å². The molecule has 3 N–H and O–H groups in total. The lowest BCUT2D eigenvalue weighted by molar-refractivity contribution is -0.123. The van der Waals surface area contributed by atoms with Gasteiger partial charge in [0.25, 0.3) is 11.8 Å². The van der Waals surface area contributed by atoms with Gasteiger partial charge in [-0.05, 0) is 61.1 Å². The van der Waals surface area contributed by atoms with Crippen LogP contribution in [0.5, 0.6) is 5.75 Å². The Labute approximate surface area is 179 Å². The van der Waals surface area contributed by atoms with Crippen molar-refractivity contribution in [3.63, 3.8) is 0 Å². The van der Waals surface area contributed by atoms with E-state index in [4.69, 9.17) is 40.2 Å². The van der Waals surface area contributed by atoms with Crippen LogP contribution in [0.3, 0.4) is 0 Å². The minimum absolute atomic E-state index is 0.0980. The normalized spacial score (nSPS) is 10.1. The smallest absolute Gasteiger partial charge is 0.276 e. The quantitative estimate of drug-likeness (QED) is 0.449. The molecule has 0 atom stereocenters. The summed E-state index contributed by atoms with van der Waals surface area (Å²) in [5, 5.41) is 2.89. The molecule has 0 aliphatic carbocycles. The molecule has 2 aromatic carbocycles. The van der Waals surface area contributed by atoms with Crippen molar-refractivity contribution < 1.29 is 14.3 Å². The van der Waals surface area contributed by atoms with Gasteiger partial charge in [-0.3, -0.25) is 25.8 Å². The highest BCUT2D eigenvalue weighted by Gasteiger charge is 2.13. The van der Waals surface area contributed by atoms with Gasteiger partial charge in [-0.15, -0.1) is 0 Å². The molecule has 0 saturated carbocycles. The SMILES string of the molecule is Cc1cc(Br)ccc1OCC(=O)NNC(=S)NC(=O)c1ccc(Cl)cc1Cl. The van der Waals surface area contributed by atoms with Crippen LogP contribution in [0.4, 0.5) is 0 Å². The number of ether oxygens (including phenoxy) is 1. The summed E-state index contributed by atoms with van der Waals surface area (Å²) in [7, 11) is 0. The van der Waals surface area contributed by atoms with Crippen molar-refractivity contribution in [1.82, 2.24) is 16.2 Å². The Morgan fingerprint density at radius 1 is 1.15 bits per heavy atom. The highest BCUT2D eigenvalue weighted by atomic mass is 79.9. The number of amides is 2. The predicted octanol–water partition coefficient (Wildman–Crippen LogP) is 3.78. The van der Waals surface area contributed by atoms with Gasteiger partial charge in [0, 0.05) is 9.50 Å². The van der Waals surface area contributed by atoms with E-state index in [1.165, 1.54) is 18.2 Å². The van der Waals surface area contributed by atoms with E-state index in [0.717, 1.165) is 10.0 Å². The molecular formula is C17H14BrCl2N3O3S. The van der Waals surface area contributed by atoms with E-state index in [0.29, 0.717) is 10.8 Å². The number of carbonyl (C=O) groups is 2. The summed E-state index contributed by atoms with van der Waals surface area (Å²) >= 11 is 20.1. The number of thiocarbonyl (C=S) groups is 1. The van der Waals surface area contributed by atoms with E-state index in [1.54, 1.807) is 6.07 Å². The van der Waals surface area contributed by atoms with Crippen LogP contribution in [-0.4, -0.2) is 23.5 Å². The standard InChI is InChI=1S/C17H14BrCl2N3O3S/c1-9-6-10(18)2-5-14(9)26-8-15(24)22-23-17(27)21-16(25)12-4-3-11(19)7-13(12)20/h2-7H,8H2,1H3,(H,22,24)(H2,21,23,25,27). The third kappa shape index (κ3) is 6.66. The first-order chi connectivity index (χ1) is 12.8. The molecule has 6 nitrogen and oxygen atoms in total. The van der Waals surface area contributed by atoms with E-state index in [2.05, 4.69) is 32.1 Å². The molecule has 0 fully saturated rings. The minimum Gasteiger partial charge on any atom is -0.483 e. The molecule has 0 saturated heterocycles. The summed E-state index contributed by atoms with van der Waals surface area (Å²) in [4.78, 5) is 23.9. The van der Waals surface area contributed by atoms with Gasteiger partial charge >= 0.3 is 0 Å². The summed E-state index contributed by atoms with van der Waals surface area (Å²) in [6, 6.07) is 9.87. The van der Waals surface area contributed by atoms with Crippen LogP contribution in [0.15, 0.2) is 40.9 Å². The molecule has 10 heteroatoms. The van der Waals surface area contributed by atoms with Gasteiger partial charge in [0.05, 0.1) is 10.6 Å². The molecule has 0 radical (unpaired) electrons. The van der Waals surface area contributed by atoms with E-state index < -0.39 is 11.8 Å². The van der Waals surface area contributed by atoms with Crippen molar-refractivity contribution in [2.75, 3.05) is 6.61 Å². The number of benzene rings is 2. The van der Waals surface area contributed by atoms with Crippen molar-refractivity contribution in [3.8, 4) is 5.75 Å². The minimum atomic E-state index is -0.537. The van der Waals surface area contributed by atoms with Gasteiger partial charge in [-0.2, -0.15) is 0 Å². The first-order valence-corrected chi connectivity index (χ1v) is 9.46. The Balaban J connectivity index is 1.79. The maximum atomic E-state index is 12.1. The number of nitrogens with one attached hydrogen (secondary N) is 3. The van der Waals surface area contributed by atoms with Crippen molar-refractivity contribution in [2.45, 2.75) is 6.92 Å². The third-order valence-corrected chi connectivity index (χ3v) is 4.46. The monoisotopic (exact) mass is 489 g/mol. The van der Waals surface area contributed by atoms with Gasteiger partial charge in [0.1, 0.15) is 5.75 Å². The lowest BCUT2D eigenvalue weighted by Crippen LogP contribution is -2.49. The summed E-state index contributed by atoms with van der Waals surface area (Å²) in [6.07, 6.45) is 0. The Morgan fingerprint density at radius 2 is 1.89 bits per heavy atom. The number of hydrazine groups is 1. The zero-order chi connectivity index (χ0) is 20.0. The van der Waals surface area contributed by atoms with Crippen LogP contribution in [0.1, 0.15) is 15.9 Å². The maximum absolute atomic E-state index is 12.1. The summed E-state index contributed by atoms with van der Waals surface area (Å²) < 4.78 is 6.35. The van der Waals surface area contributed by atoms with Gasteiger partial charge in [-0.1, -0.05) is 39.1 Å². The topological polar surface area (TPSA) is 79.5 Å². The molecule has 0 spiro atoms. The molecule has 0 aromatic heterocycles. The Kier molecular flexibility index (Phi) is 7.85. The maximum Gasteiger partial charge on any atom is 0.276 e. The fourth-order valence-corrected chi connectivity index (χ4v) is 3.07. The van der Waals surface area contributed by atoms with E-state index in [-0.39, 0.29) is 22.3 Å². The number of hydrogen-bond acceptors (Lipinski definition) is 4. The molecule has 142 valence electrons. The molecule has 27 heavy (non-hydrogen) atoms. The molecule has 2 aromatic rings. The van der Waals surface area contributed by atoms with Crippen LogP contribution >= 0.6 is 51.3 Å². The van der Waals surface area contributed by atoms with Crippen molar-refractivity contribution >= 4 is 68.3 Å². The number of hydrogen-bond donors (Lipinski definition) is 3. The van der Waals surface area contributed by atoms with Gasteiger partial charge in [-0.25, -0.2) is 0 Å². The Bertz CT molecular complexity index is 896. The first-order valence-electron chi connectivity index (χ1n) is 7.50. The van der Waals surface area contributed by atoms with E-state index in [9.17, 15) is 9.59 Å². The van der Waals surface area contributed by atoms with Gasteiger partial charge < -0.3 is 4.74 Å². The molecular weight excluding hydrogens is 477 g/mol. The number of carbonyl (C=O) groups excluding carboxylic acids is 2. The first kappa shape index (κ1) is 21.4. The number of halogens is 3. The average molecular weight is 491 g/mol. The fourth-order valence-electron chi connectivity index (χ4n) is 1.96. The second-order valence-electron chi connectivity index (χ2n) is 5.28. The highest BCUT2D eigenvalue weighted by Crippen LogP contribution is 2.22. The zero-order valence-corrected chi connectivity index (χ0v) is 17.9. The molecule has 0 unspecified atom stereocenters.